The zero-order valence-corrected chi connectivity index (χ0v) is 13.2. The molecule has 0 aromatic rings. The summed E-state index contributed by atoms with van der Waals surface area (Å²) in [4.78, 5) is 0. The van der Waals surface area contributed by atoms with Crippen LogP contribution < -0.4 is 5.32 Å². The molecular formula is C15H29NO2S. The predicted octanol–water partition coefficient (Wildman–Crippen LogP) is 2.47. The van der Waals surface area contributed by atoms with E-state index in [0.29, 0.717) is 6.04 Å². The smallest absolute Gasteiger partial charge is 0.0691 e. The van der Waals surface area contributed by atoms with Gasteiger partial charge in [0.05, 0.1) is 11.4 Å². The summed E-state index contributed by atoms with van der Waals surface area (Å²) < 4.78 is 18.1. The van der Waals surface area contributed by atoms with E-state index in [9.17, 15) is 4.21 Å². The molecule has 0 aromatic heterocycles. The molecule has 2 aliphatic rings. The Balaban J connectivity index is 1.88. The molecule has 4 atom stereocenters. The maximum absolute atomic E-state index is 12.6. The second kappa shape index (κ2) is 7.75. The highest BCUT2D eigenvalue weighted by Crippen LogP contribution is 2.29. The van der Waals surface area contributed by atoms with E-state index >= 15 is 0 Å². The maximum atomic E-state index is 12.6. The fraction of sp³-hybridized carbons (Fsp3) is 1.00. The molecule has 1 N–H and O–H groups in total. The monoisotopic (exact) mass is 287 g/mol. The van der Waals surface area contributed by atoms with Crippen molar-refractivity contribution in [3.05, 3.63) is 0 Å². The first-order valence-corrected chi connectivity index (χ1v) is 9.32. The van der Waals surface area contributed by atoms with Crippen LogP contribution in [0.25, 0.3) is 0 Å². The second-order valence-electron chi connectivity index (χ2n) is 6.06. The lowest BCUT2D eigenvalue weighted by Crippen LogP contribution is -2.42. The van der Waals surface area contributed by atoms with Crippen LogP contribution in [0.15, 0.2) is 0 Å². The first-order chi connectivity index (χ1) is 9.22. The third-order valence-electron chi connectivity index (χ3n) is 4.61. The Morgan fingerprint density at radius 2 is 2.05 bits per heavy atom. The van der Waals surface area contributed by atoms with Crippen LogP contribution in [0.2, 0.25) is 0 Å². The van der Waals surface area contributed by atoms with Crippen LogP contribution in [0.1, 0.15) is 52.4 Å². The number of hydrogen-bond donors (Lipinski definition) is 1. The van der Waals surface area contributed by atoms with Crippen molar-refractivity contribution in [2.75, 3.05) is 18.9 Å². The Bertz CT molecular complexity index is 292. The first kappa shape index (κ1) is 15.5. The van der Waals surface area contributed by atoms with Crippen LogP contribution in [0.3, 0.4) is 0 Å². The van der Waals surface area contributed by atoms with Gasteiger partial charge in [0, 0.05) is 29.2 Å². The number of hydrogen-bond acceptors (Lipinski definition) is 3. The molecule has 2 rings (SSSR count). The topological polar surface area (TPSA) is 38.3 Å². The lowest BCUT2D eigenvalue weighted by atomic mass is 9.99. The molecule has 0 spiro atoms. The van der Waals surface area contributed by atoms with Gasteiger partial charge in [-0.15, -0.1) is 0 Å². The quantitative estimate of drug-likeness (QED) is 0.782. The van der Waals surface area contributed by atoms with Gasteiger partial charge in [-0.1, -0.05) is 19.8 Å². The number of nitrogens with one attached hydrogen (secondary N) is 1. The molecule has 1 heterocycles. The van der Waals surface area contributed by atoms with Gasteiger partial charge in [-0.25, -0.2) is 0 Å². The van der Waals surface area contributed by atoms with Crippen molar-refractivity contribution in [3.63, 3.8) is 0 Å². The fourth-order valence-electron chi connectivity index (χ4n) is 3.41. The van der Waals surface area contributed by atoms with Crippen molar-refractivity contribution in [1.82, 2.24) is 5.32 Å². The van der Waals surface area contributed by atoms with Crippen LogP contribution in [0.5, 0.6) is 0 Å². The zero-order valence-electron chi connectivity index (χ0n) is 12.4. The molecule has 0 radical (unpaired) electrons. The standard InChI is InChI=1S/C15H29NO2S/c1-3-9-16-14(13-6-4-5-7-13)11-19(17)15-8-10-18-12(15)2/h12-16H,3-11H2,1-2H3. The van der Waals surface area contributed by atoms with Crippen LogP contribution in [-0.4, -0.2) is 40.5 Å². The summed E-state index contributed by atoms with van der Waals surface area (Å²) in [5.74, 6) is 1.57. The highest BCUT2D eigenvalue weighted by molar-refractivity contribution is 7.85. The maximum Gasteiger partial charge on any atom is 0.0691 e. The van der Waals surface area contributed by atoms with Gasteiger partial charge in [0.1, 0.15) is 0 Å². The molecule has 4 heteroatoms. The van der Waals surface area contributed by atoms with Crippen molar-refractivity contribution >= 4 is 10.8 Å². The van der Waals surface area contributed by atoms with Crippen molar-refractivity contribution < 1.29 is 8.95 Å². The predicted molar refractivity (Wildman–Crippen MR) is 80.9 cm³/mol. The molecule has 1 saturated heterocycles. The van der Waals surface area contributed by atoms with E-state index in [0.717, 1.165) is 37.7 Å². The molecule has 0 aromatic carbocycles. The Hall–Kier alpha value is 0.0700. The third-order valence-corrected chi connectivity index (χ3v) is 6.60. The molecule has 1 aliphatic carbocycles. The highest BCUT2D eigenvalue weighted by atomic mass is 32.2. The molecule has 112 valence electrons. The van der Waals surface area contributed by atoms with Crippen molar-refractivity contribution in [1.29, 1.82) is 0 Å². The van der Waals surface area contributed by atoms with Gasteiger partial charge < -0.3 is 10.1 Å². The van der Waals surface area contributed by atoms with E-state index in [4.69, 9.17) is 4.74 Å². The van der Waals surface area contributed by atoms with Crippen molar-refractivity contribution in [3.8, 4) is 0 Å². The van der Waals surface area contributed by atoms with Crippen LogP contribution in [0.4, 0.5) is 0 Å². The average molecular weight is 287 g/mol. The molecule has 2 fully saturated rings. The Morgan fingerprint density at radius 1 is 1.32 bits per heavy atom. The molecule has 1 saturated carbocycles. The second-order valence-corrected chi connectivity index (χ2v) is 7.76. The average Bonchev–Trinajstić information content (AvgIpc) is 3.05. The van der Waals surface area contributed by atoms with E-state index in [1.165, 1.54) is 25.7 Å². The van der Waals surface area contributed by atoms with Crippen molar-refractivity contribution in [2.24, 2.45) is 5.92 Å². The lowest BCUT2D eigenvalue weighted by molar-refractivity contribution is 0.127. The Morgan fingerprint density at radius 3 is 2.63 bits per heavy atom. The summed E-state index contributed by atoms with van der Waals surface area (Å²) in [6.45, 7) is 6.10. The van der Waals surface area contributed by atoms with Gasteiger partial charge in [-0.2, -0.15) is 0 Å². The van der Waals surface area contributed by atoms with Gasteiger partial charge >= 0.3 is 0 Å². The first-order valence-electron chi connectivity index (χ1n) is 7.94. The zero-order chi connectivity index (χ0) is 13.7. The number of ether oxygens (including phenoxy) is 1. The largest absolute Gasteiger partial charge is 0.377 e. The van der Waals surface area contributed by atoms with E-state index < -0.39 is 10.8 Å². The van der Waals surface area contributed by atoms with Crippen LogP contribution in [0, 0.1) is 5.92 Å². The van der Waals surface area contributed by atoms with Gasteiger partial charge in [0.2, 0.25) is 0 Å². The molecule has 1 aliphatic heterocycles. The highest BCUT2D eigenvalue weighted by Gasteiger charge is 2.33. The summed E-state index contributed by atoms with van der Waals surface area (Å²) in [5.41, 5.74) is 0. The van der Waals surface area contributed by atoms with Crippen LogP contribution >= 0.6 is 0 Å². The fourth-order valence-corrected chi connectivity index (χ4v) is 5.27. The van der Waals surface area contributed by atoms with Gasteiger partial charge in [0.25, 0.3) is 0 Å². The summed E-state index contributed by atoms with van der Waals surface area (Å²) in [7, 11) is -0.742. The van der Waals surface area contributed by atoms with E-state index in [1.54, 1.807) is 0 Å². The van der Waals surface area contributed by atoms with E-state index in [2.05, 4.69) is 19.2 Å². The third kappa shape index (κ3) is 4.27. The summed E-state index contributed by atoms with van der Waals surface area (Å²) >= 11 is 0. The van der Waals surface area contributed by atoms with Gasteiger partial charge in [-0.3, -0.25) is 4.21 Å². The Kier molecular flexibility index (Phi) is 6.30. The molecule has 3 nitrogen and oxygen atoms in total. The Labute approximate surface area is 120 Å². The molecular weight excluding hydrogens is 258 g/mol. The normalized spacial score (nSPS) is 31.7. The summed E-state index contributed by atoms with van der Waals surface area (Å²) in [6.07, 6.45) is 7.63. The molecule has 4 unspecified atom stereocenters. The number of rotatable bonds is 7. The van der Waals surface area contributed by atoms with E-state index in [1.807, 2.05) is 0 Å². The minimum Gasteiger partial charge on any atom is -0.377 e. The van der Waals surface area contributed by atoms with Crippen molar-refractivity contribution in [2.45, 2.75) is 69.8 Å². The lowest BCUT2D eigenvalue weighted by Gasteiger charge is -2.26. The van der Waals surface area contributed by atoms with Gasteiger partial charge in [0.15, 0.2) is 0 Å². The molecule has 19 heavy (non-hydrogen) atoms. The minimum absolute atomic E-state index is 0.177. The molecule has 0 bridgehead atoms. The summed E-state index contributed by atoms with van der Waals surface area (Å²) in [5, 5.41) is 3.90. The van der Waals surface area contributed by atoms with E-state index in [-0.39, 0.29) is 11.4 Å². The van der Waals surface area contributed by atoms with Gasteiger partial charge in [-0.05, 0) is 45.1 Å². The van der Waals surface area contributed by atoms with Crippen LogP contribution in [-0.2, 0) is 15.5 Å². The minimum atomic E-state index is -0.742. The molecule has 0 amide bonds. The summed E-state index contributed by atoms with van der Waals surface area (Å²) in [6, 6.07) is 0.455. The SMILES string of the molecule is CCCNC(CS(=O)C1CCOC1C)C1CCCC1.